The van der Waals surface area contributed by atoms with Crippen molar-refractivity contribution in [1.82, 2.24) is 14.7 Å². The van der Waals surface area contributed by atoms with Crippen LogP contribution in [0.15, 0.2) is 11.6 Å². The summed E-state index contributed by atoms with van der Waals surface area (Å²) in [5, 5.41) is 6.24. The zero-order chi connectivity index (χ0) is 15.7. The molecular formula is C15H19N3O3S. The molecule has 0 spiro atoms. The molecule has 1 amide bonds. The summed E-state index contributed by atoms with van der Waals surface area (Å²) in [7, 11) is 1.79. The van der Waals surface area contributed by atoms with Crippen LogP contribution in [0.25, 0.3) is 0 Å². The molecule has 0 aliphatic carbocycles. The molecule has 0 radical (unpaired) electrons. The number of fused-ring (bicyclic) bond motifs is 1. The molecule has 2 aromatic rings. The minimum atomic E-state index is -0.0552. The summed E-state index contributed by atoms with van der Waals surface area (Å²) in [6, 6.07) is 0. The van der Waals surface area contributed by atoms with E-state index in [9.17, 15) is 4.79 Å². The number of carbonyl (C=O) groups is 1. The molecule has 22 heavy (non-hydrogen) atoms. The van der Waals surface area contributed by atoms with Crippen LogP contribution in [0, 0.1) is 6.92 Å². The van der Waals surface area contributed by atoms with Gasteiger partial charge in [-0.05, 0) is 13.8 Å². The Kier molecular flexibility index (Phi) is 4.06. The second-order valence-electron chi connectivity index (χ2n) is 5.21. The van der Waals surface area contributed by atoms with Gasteiger partial charge < -0.3 is 14.4 Å². The summed E-state index contributed by atoms with van der Waals surface area (Å²) in [5.74, 6) is 1.19. The molecular weight excluding hydrogens is 302 g/mol. The van der Waals surface area contributed by atoms with E-state index in [0.717, 1.165) is 17.8 Å². The number of hydrogen-bond acceptors (Lipinski definition) is 5. The Bertz CT molecular complexity index is 692. The lowest BCUT2D eigenvalue weighted by atomic mass is 10.2. The van der Waals surface area contributed by atoms with Gasteiger partial charge in [0.05, 0.1) is 5.69 Å². The summed E-state index contributed by atoms with van der Waals surface area (Å²) in [4.78, 5) is 14.9. The molecule has 0 fully saturated rings. The van der Waals surface area contributed by atoms with E-state index in [1.165, 1.54) is 11.3 Å². The van der Waals surface area contributed by atoms with E-state index >= 15 is 0 Å². The number of amides is 1. The molecule has 0 saturated heterocycles. The Balaban J connectivity index is 1.77. The van der Waals surface area contributed by atoms with Gasteiger partial charge in [0, 0.05) is 37.3 Å². The Morgan fingerprint density at radius 3 is 2.95 bits per heavy atom. The normalized spacial score (nSPS) is 13.2. The third kappa shape index (κ3) is 2.68. The van der Waals surface area contributed by atoms with Gasteiger partial charge in [0.2, 0.25) is 0 Å². The Morgan fingerprint density at radius 2 is 2.23 bits per heavy atom. The van der Waals surface area contributed by atoms with E-state index in [2.05, 4.69) is 5.10 Å². The first-order chi connectivity index (χ1) is 10.6. The highest BCUT2D eigenvalue weighted by Gasteiger charge is 2.26. The van der Waals surface area contributed by atoms with E-state index in [0.29, 0.717) is 36.1 Å². The van der Waals surface area contributed by atoms with Crippen LogP contribution in [0.1, 0.15) is 27.9 Å². The molecule has 7 heteroatoms. The molecule has 0 saturated carbocycles. The zero-order valence-corrected chi connectivity index (χ0v) is 13.8. The van der Waals surface area contributed by atoms with Gasteiger partial charge >= 0.3 is 0 Å². The summed E-state index contributed by atoms with van der Waals surface area (Å²) in [6.45, 7) is 6.36. The fourth-order valence-corrected chi connectivity index (χ4v) is 3.31. The highest BCUT2D eigenvalue weighted by atomic mass is 32.1. The summed E-state index contributed by atoms with van der Waals surface area (Å²) in [6.07, 6.45) is 1.99. The van der Waals surface area contributed by atoms with E-state index in [4.69, 9.17) is 9.47 Å². The van der Waals surface area contributed by atoms with Crippen molar-refractivity contribution in [2.24, 2.45) is 0 Å². The highest BCUT2D eigenvalue weighted by molar-refractivity contribution is 7.12. The van der Waals surface area contributed by atoms with E-state index in [-0.39, 0.29) is 5.91 Å². The Hall–Kier alpha value is -2.02. The fourth-order valence-electron chi connectivity index (χ4n) is 2.39. The van der Waals surface area contributed by atoms with E-state index in [1.54, 1.807) is 11.9 Å². The van der Waals surface area contributed by atoms with Crippen molar-refractivity contribution < 1.29 is 14.3 Å². The van der Waals surface area contributed by atoms with Crippen molar-refractivity contribution in [3.05, 3.63) is 27.7 Å². The maximum atomic E-state index is 12.6. The topological polar surface area (TPSA) is 56.6 Å². The van der Waals surface area contributed by atoms with Crippen LogP contribution >= 0.6 is 11.3 Å². The van der Waals surface area contributed by atoms with Gasteiger partial charge in [-0.15, -0.1) is 11.3 Å². The van der Waals surface area contributed by atoms with E-state index < -0.39 is 0 Å². The quantitative estimate of drug-likeness (QED) is 0.867. The Morgan fingerprint density at radius 1 is 1.45 bits per heavy atom. The second kappa shape index (κ2) is 6.00. The molecule has 0 N–H and O–H groups in total. The molecule has 3 heterocycles. The van der Waals surface area contributed by atoms with Gasteiger partial charge in [0.25, 0.3) is 5.91 Å². The maximum Gasteiger partial charge on any atom is 0.267 e. The zero-order valence-electron chi connectivity index (χ0n) is 13.0. The fraction of sp³-hybridized carbons (Fsp3) is 0.467. The SMILES string of the molecule is CCn1cc(CN(C)C(=O)c2scc3c2OCCO3)c(C)n1. The number of carbonyl (C=O) groups excluding carboxylic acids is 1. The van der Waals surface area contributed by atoms with Gasteiger partial charge in [-0.25, -0.2) is 0 Å². The molecule has 0 aromatic carbocycles. The van der Waals surface area contributed by atoms with Crippen molar-refractivity contribution in [3.63, 3.8) is 0 Å². The first-order valence-electron chi connectivity index (χ1n) is 7.25. The largest absolute Gasteiger partial charge is 0.485 e. The minimum absolute atomic E-state index is 0.0552. The van der Waals surface area contributed by atoms with Crippen LogP contribution in [0.4, 0.5) is 0 Å². The lowest BCUT2D eigenvalue weighted by Gasteiger charge is -2.19. The van der Waals surface area contributed by atoms with Gasteiger partial charge in [0.15, 0.2) is 11.5 Å². The molecule has 118 valence electrons. The minimum Gasteiger partial charge on any atom is -0.485 e. The summed E-state index contributed by atoms with van der Waals surface area (Å²) >= 11 is 1.36. The van der Waals surface area contributed by atoms with Crippen molar-refractivity contribution in [1.29, 1.82) is 0 Å². The predicted molar refractivity (Wildman–Crippen MR) is 83.7 cm³/mol. The van der Waals surface area contributed by atoms with Gasteiger partial charge in [0.1, 0.15) is 18.1 Å². The second-order valence-corrected chi connectivity index (χ2v) is 6.09. The lowest BCUT2D eigenvalue weighted by molar-refractivity contribution is 0.0781. The first kappa shape index (κ1) is 14.9. The number of thiophene rings is 1. The average Bonchev–Trinajstić information content (AvgIpc) is 3.10. The Labute approximate surface area is 133 Å². The highest BCUT2D eigenvalue weighted by Crippen LogP contribution is 2.39. The molecule has 2 aromatic heterocycles. The van der Waals surface area contributed by atoms with Crippen molar-refractivity contribution in [2.75, 3.05) is 20.3 Å². The smallest absolute Gasteiger partial charge is 0.267 e. The number of rotatable bonds is 4. The van der Waals surface area contributed by atoms with Crippen LogP contribution in [-0.4, -0.2) is 40.8 Å². The van der Waals surface area contributed by atoms with Crippen molar-refractivity contribution in [3.8, 4) is 11.5 Å². The third-order valence-electron chi connectivity index (χ3n) is 3.62. The number of aryl methyl sites for hydroxylation is 2. The van der Waals surface area contributed by atoms with Crippen LogP contribution in [-0.2, 0) is 13.1 Å². The van der Waals surface area contributed by atoms with Crippen molar-refractivity contribution in [2.45, 2.75) is 26.9 Å². The molecule has 0 unspecified atom stereocenters. The molecule has 0 atom stereocenters. The van der Waals surface area contributed by atoms with Crippen LogP contribution in [0.2, 0.25) is 0 Å². The predicted octanol–water partition coefficient (Wildman–Crippen LogP) is 2.32. The molecule has 1 aliphatic rings. The lowest BCUT2D eigenvalue weighted by Crippen LogP contribution is -2.26. The van der Waals surface area contributed by atoms with Gasteiger partial charge in [-0.3, -0.25) is 9.48 Å². The first-order valence-corrected chi connectivity index (χ1v) is 8.13. The molecule has 0 bridgehead atoms. The van der Waals surface area contributed by atoms with Crippen LogP contribution < -0.4 is 9.47 Å². The third-order valence-corrected chi connectivity index (χ3v) is 4.55. The van der Waals surface area contributed by atoms with E-state index in [1.807, 2.05) is 30.1 Å². The molecule has 6 nitrogen and oxygen atoms in total. The van der Waals surface area contributed by atoms with Gasteiger partial charge in [-0.2, -0.15) is 5.10 Å². The molecule has 1 aliphatic heterocycles. The number of nitrogens with zero attached hydrogens (tertiary/aromatic N) is 3. The standard InChI is InChI=1S/C15H19N3O3S/c1-4-18-8-11(10(2)16-18)7-17(3)15(19)14-13-12(9-22-14)20-5-6-21-13/h8-9H,4-7H2,1-3H3. The van der Waals surface area contributed by atoms with Crippen molar-refractivity contribution >= 4 is 17.2 Å². The average molecular weight is 321 g/mol. The van der Waals surface area contributed by atoms with Crippen LogP contribution in [0.5, 0.6) is 11.5 Å². The van der Waals surface area contributed by atoms with Gasteiger partial charge in [-0.1, -0.05) is 0 Å². The maximum absolute atomic E-state index is 12.6. The monoisotopic (exact) mass is 321 g/mol. The summed E-state index contributed by atoms with van der Waals surface area (Å²) < 4.78 is 13.0. The molecule has 3 rings (SSSR count). The number of ether oxygens (including phenoxy) is 2. The van der Waals surface area contributed by atoms with Crippen LogP contribution in [0.3, 0.4) is 0 Å². The number of aromatic nitrogens is 2. The summed E-state index contributed by atoms with van der Waals surface area (Å²) in [5.41, 5.74) is 2.01. The number of hydrogen-bond donors (Lipinski definition) is 0.